The van der Waals surface area contributed by atoms with E-state index in [1.807, 2.05) is 12.1 Å². The maximum atomic E-state index is 9.00. The maximum Gasteiger partial charge on any atom is 0.0471 e. The summed E-state index contributed by atoms with van der Waals surface area (Å²) in [7, 11) is 0. The normalized spacial score (nSPS) is 11.3. The SMILES string of the molecule is OCCc1cccc(C=Cc2ccc3ccccc3c2)c1. The van der Waals surface area contributed by atoms with Crippen LogP contribution in [0.4, 0.5) is 0 Å². The van der Waals surface area contributed by atoms with E-state index in [4.69, 9.17) is 5.11 Å². The fourth-order valence-corrected chi connectivity index (χ4v) is 2.49. The Hall–Kier alpha value is -2.38. The quantitative estimate of drug-likeness (QED) is 0.692. The van der Waals surface area contributed by atoms with Crippen molar-refractivity contribution in [2.45, 2.75) is 6.42 Å². The van der Waals surface area contributed by atoms with E-state index in [-0.39, 0.29) is 6.61 Å². The van der Waals surface area contributed by atoms with Gasteiger partial charge < -0.3 is 5.11 Å². The van der Waals surface area contributed by atoms with Crippen molar-refractivity contribution in [3.05, 3.63) is 83.4 Å². The van der Waals surface area contributed by atoms with E-state index in [2.05, 4.69) is 66.7 Å². The van der Waals surface area contributed by atoms with Gasteiger partial charge in [0.1, 0.15) is 0 Å². The third-order valence-corrected chi connectivity index (χ3v) is 3.59. The van der Waals surface area contributed by atoms with E-state index in [0.29, 0.717) is 6.42 Å². The zero-order valence-corrected chi connectivity index (χ0v) is 11.9. The molecular formula is C20H18O. The van der Waals surface area contributed by atoms with Crippen molar-refractivity contribution >= 4 is 22.9 Å². The molecule has 0 saturated carbocycles. The number of hydrogen-bond acceptors (Lipinski definition) is 1. The van der Waals surface area contributed by atoms with Gasteiger partial charge in [0.25, 0.3) is 0 Å². The van der Waals surface area contributed by atoms with Crippen LogP contribution in [0.25, 0.3) is 22.9 Å². The predicted octanol–water partition coefficient (Wildman–Crippen LogP) is 4.55. The minimum Gasteiger partial charge on any atom is -0.396 e. The second-order valence-electron chi connectivity index (χ2n) is 5.16. The van der Waals surface area contributed by atoms with Crippen molar-refractivity contribution in [3.63, 3.8) is 0 Å². The topological polar surface area (TPSA) is 20.2 Å². The lowest BCUT2D eigenvalue weighted by Gasteiger charge is -2.01. The van der Waals surface area contributed by atoms with Crippen LogP contribution in [0.1, 0.15) is 16.7 Å². The molecule has 3 aromatic rings. The molecule has 0 spiro atoms. The maximum absolute atomic E-state index is 9.00. The summed E-state index contributed by atoms with van der Waals surface area (Å²) in [5.74, 6) is 0. The van der Waals surface area contributed by atoms with Crippen LogP contribution in [0.15, 0.2) is 66.7 Å². The lowest BCUT2D eigenvalue weighted by Crippen LogP contribution is -1.90. The van der Waals surface area contributed by atoms with Gasteiger partial charge in [0.05, 0.1) is 0 Å². The van der Waals surface area contributed by atoms with E-state index >= 15 is 0 Å². The van der Waals surface area contributed by atoms with Crippen molar-refractivity contribution < 1.29 is 5.11 Å². The molecule has 0 saturated heterocycles. The first kappa shape index (κ1) is 13.6. The molecule has 0 heterocycles. The Morgan fingerprint density at radius 3 is 2.29 bits per heavy atom. The highest BCUT2D eigenvalue weighted by Gasteiger charge is 1.95. The van der Waals surface area contributed by atoms with Crippen LogP contribution in [0.5, 0.6) is 0 Å². The molecule has 0 fully saturated rings. The molecular weight excluding hydrogens is 256 g/mol. The number of fused-ring (bicyclic) bond motifs is 1. The number of aliphatic hydroxyl groups is 1. The number of hydrogen-bond donors (Lipinski definition) is 1. The molecule has 3 rings (SSSR count). The second-order valence-corrected chi connectivity index (χ2v) is 5.16. The molecule has 104 valence electrons. The summed E-state index contributed by atoms with van der Waals surface area (Å²) in [5, 5.41) is 11.5. The van der Waals surface area contributed by atoms with Crippen LogP contribution in [0.3, 0.4) is 0 Å². The molecule has 0 bridgehead atoms. The highest BCUT2D eigenvalue weighted by Crippen LogP contribution is 2.17. The van der Waals surface area contributed by atoms with Gasteiger partial charge in [0.2, 0.25) is 0 Å². The summed E-state index contributed by atoms with van der Waals surface area (Å²) in [4.78, 5) is 0. The molecule has 21 heavy (non-hydrogen) atoms. The standard InChI is InChI=1S/C20H18O/c21-13-12-17-5-3-4-16(14-17)8-9-18-10-11-19-6-1-2-7-20(19)15-18/h1-11,14-15,21H,12-13H2. The van der Waals surface area contributed by atoms with Crippen LogP contribution in [-0.2, 0) is 6.42 Å². The van der Waals surface area contributed by atoms with E-state index in [1.165, 1.54) is 16.3 Å². The number of benzene rings is 3. The molecule has 0 radical (unpaired) electrons. The lowest BCUT2D eigenvalue weighted by atomic mass is 10.0. The van der Waals surface area contributed by atoms with Crippen LogP contribution in [0, 0.1) is 0 Å². The Morgan fingerprint density at radius 1 is 0.714 bits per heavy atom. The zero-order valence-electron chi connectivity index (χ0n) is 11.9. The minimum absolute atomic E-state index is 0.192. The van der Waals surface area contributed by atoms with E-state index in [9.17, 15) is 0 Å². The number of aliphatic hydroxyl groups excluding tert-OH is 1. The third kappa shape index (κ3) is 3.39. The van der Waals surface area contributed by atoms with Gasteiger partial charge in [-0.2, -0.15) is 0 Å². The average Bonchev–Trinajstić information content (AvgIpc) is 2.53. The molecule has 1 N–H and O–H groups in total. The van der Waals surface area contributed by atoms with Crippen molar-refractivity contribution in [1.29, 1.82) is 0 Å². The molecule has 0 aliphatic rings. The van der Waals surface area contributed by atoms with E-state index in [1.54, 1.807) is 0 Å². The smallest absolute Gasteiger partial charge is 0.0471 e. The molecule has 0 atom stereocenters. The van der Waals surface area contributed by atoms with Crippen molar-refractivity contribution in [2.75, 3.05) is 6.61 Å². The third-order valence-electron chi connectivity index (χ3n) is 3.59. The molecule has 1 nitrogen and oxygen atoms in total. The molecule has 0 unspecified atom stereocenters. The van der Waals surface area contributed by atoms with Crippen molar-refractivity contribution in [1.82, 2.24) is 0 Å². The summed E-state index contributed by atoms with van der Waals surface area (Å²) in [5.41, 5.74) is 3.52. The molecule has 0 aliphatic carbocycles. The molecule has 0 aromatic heterocycles. The summed E-state index contributed by atoms with van der Waals surface area (Å²) >= 11 is 0. The van der Waals surface area contributed by atoms with Crippen LogP contribution < -0.4 is 0 Å². The van der Waals surface area contributed by atoms with Gasteiger partial charge in [-0.25, -0.2) is 0 Å². The van der Waals surface area contributed by atoms with Crippen molar-refractivity contribution in [3.8, 4) is 0 Å². The fraction of sp³-hybridized carbons (Fsp3) is 0.100. The monoisotopic (exact) mass is 274 g/mol. The highest BCUT2D eigenvalue weighted by molar-refractivity contribution is 5.85. The fourth-order valence-electron chi connectivity index (χ4n) is 2.49. The Balaban J connectivity index is 1.85. The van der Waals surface area contributed by atoms with Gasteiger partial charge in [-0.3, -0.25) is 0 Å². The lowest BCUT2D eigenvalue weighted by molar-refractivity contribution is 0.299. The van der Waals surface area contributed by atoms with Gasteiger partial charge in [-0.15, -0.1) is 0 Å². The van der Waals surface area contributed by atoms with Crippen molar-refractivity contribution in [2.24, 2.45) is 0 Å². The van der Waals surface area contributed by atoms with E-state index in [0.717, 1.165) is 11.1 Å². The van der Waals surface area contributed by atoms with Gasteiger partial charge >= 0.3 is 0 Å². The van der Waals surface area contributed by atoms with E-state index < -0.39 is 0 Å². The largest absolute Gasteiger partial charge is 0.396 e. The van der Waals surface area contributed by atoms with Gasteiger partial charge in [-0.05, 0) is 39.9 Å². The van der Waals surface area contributed by atoms with Gasteiger partial charge in [-0.1, -0.05) is 72.8 Å². The molecule has 0 amide bonds. The Kier molecular flexibility index (Phi) is 4.13. The summed E-state index contributed by atoms with van der Waals surface area (Å²) < 4.78 is 0. The average molecular weight is 274 g/mol. The Morgan fingerprint density at radius 2 is 1.48 bits per heavy atom. The molecule has 0 aliphatic heterocycles. The minimum atomic E-state index is 0.192. The second kappa shape index (κ2) is 6.38. The zero-order chi connectivity index (χ0) is 14.5. The Labute approximate surface area is 125 Å². The molecule has 1 heteroatoms. The highest BCUT2D eigenvalue weighted by atomic mass is 16.2. The van der Waals surface area contributed by atoms with Crippen LogP contribution in [0.2, 0.25) is 0 Å². The van der Waals surface area contributed by atoms with Gasteiger partial charge in [0.15, 0.2) is 0 Å². The van der Waals surface area contributed by atoms with Gasteiger partial charge in [0, 0.05) is 6.61 Å². The van der Waals surface area contributed by atoms with Crippen LogP contribution in [-0.4, -0.2) is 11.7 Å². The molecule has 3 aromatic carbocycles. The number of rotatable bonds is 4. The first-order valence-corrected chi connectivity index (χ1v) is 7.22. The summed E-state index contributed by atoms with van der Waals surface area (Å²) in [6.07, 6.45) is 4.95. The Bertz CT molecular complexity index is 771. The predicted molar refractivity (Wildman–Crippen MR) is 90.1 cm³/mol. The first-order chi connectivity index (χ1) is 10.3. The summed E-state index contributed by atoms with van der Waals surface area (Å²) in [6, 6.07) is 23.1. The summed E-state index contributed by atoms with van der Waals surface area (Å²) in [6.45, 7) is 0.192. The first-order valence-electron chi connectivity index (χ1n) is 7.22. The van der Waals surface area contributed by atoms with Crippen LogP contribution >= 0.6 is 0 Å².